The van der Waals surface area contributed by atoms with Crippen molar-refractivity contribution in [1.82, 2.24) is 0 Å². The van der Waals surface area contributed by atoms with Crippen molar-refractivity contribution in [2.75, 3.05) is 27.1 Å². The van der Waals surface area contributed by atoms with Crippen molar-refractivity contribution in [2.24, 2.45) is 0 Å². The molecule has 0 heterocycles. The first-order chi connectivity index (χ1) is 10.1. The summed E-state index contributed by atoms with van der Waals surface area (Å²) >= 11 is 1.38. The van der Waals surface area contributed by atoms with Crippen LogP contribution in [0.3, 0.4) is 0 Å². The molecule has 0 fully saturated rings. The lowest BCUT2D eigenvalue weighted by Crippen LogP contribution is -2.43. The second kappa shape index (κ2) is 13.8. The van der Waals surface area contributed by atoms with E-state index in [0.29, 0.717) is 18.2 Å². The maximum Gasteiger partial charge on any atom is 0.500 e. The maximum atomic E-state index is 11.8. The highest BCUT2D eigenvalue weighted by Crippen LogP contribution is 2.19. The third-order valence-corrected chi connectivity index (χ3v) is 7.61. The second-order valence-electron chi connectivity index (χ2n) is 5.14. The fourth-order valence-corrected chi connectivity index (χ4v) is 5.18. The molecule has 0 aromatic rings. The van der Waals surface area contributed by atoms with Crippen molar-refractivity contribution < 1.29 is 18.1 Å². The zero-order valence-electron chi connectivity index (χ0n) is 14.1. The first-order valence-corrected chi connectivity index (χ1v) is 10.9. The summed E-state index contributed by atoms with van der Waals surface area (Å²) in [6, 6.07) is 0.671. The van der Waals surface area contributed by atoms with E-state index in [1.807, 2.05) is 0 Å². The van der Waals surface area contributed by atoms with Crippen LogP contribution in [0.2, 0.25) is 6.04 Å². The Morgan fingerprint density at radius 2 is 1.43 bits per heavy atom. The lowest BCUT2D eigenvalue weighted by Gasteiger charge is -2.23. The molecule has 0 N–H and O–H groups in total. The van der Waals surface area contributed by atoms with Gasteiger partial charge >= 0.3 is 8.80 Å². The van der Waals surface area contributed by atoms with E-state index in [4.69, 9.17) is 13.3 Å². The average Bonchev–Trinajstić information content (AvgIpc) is 2.51. The van der Waals surface area contributed by atoms with Gasteiger partial charge in [-0.1, -0.05) is 57.2 Å². The van der Waals surface area contributed by atoms with Gasteiger partial charge in [0.25, 0.3) is 0 Å². The highest BCUT2D eigenvalue weighted by atomic mass is 32.2. The molecule has 21 heavy (non-hydrogen) atoms. The van der Waals surface area contributed by atoms with Crippen LogP contribution in [-0.4, -0.2) is 41.0 Å². The number of hydrogen-bond donors (Lipinski definition) is 0. The summed E-state index contributed by atoms with van der Waals surface area (Å²) in [6.07, 6.45) is 9.37. The molecule has 4 nitrogen and oxygen atoms in total. The van der Waals surface area contributed by atoms with Gasteiger partial charge in [0.1, 0.15) is 0 Å². The van der Waals surface area contributed by atoms with Crippen molar-refractivity contribution >= 4 is 25.7 Å². The van der Waals surface area contributed by atoms with Gasteiger partial charge < -0.3 is 13.3 Å². The minimum Gasteiger partial charge on any atom is -0.377 e. The average molecular weight is 337 g/mol. The number of carbonyl (C=O) groups is 1. The van der Waals surface area contributed by atoms with E-state index < -0.39 is 8.80 Å². The van der Waals surface area contributed by atoms with Gasteiger partial charge in [-0.2, -0.15) is 0 Å². The molecule has 0 atom stereocenters. The molecule has 0 aliphatic heterocycles. The molecule has 0 aliphatic rings. The van der Waals surface area contributed by atoms with Gasteiger partial charge in [0, 0.05) is 39.5 Å². The Morgan fingerprint density at radius 3 is 1.95 bits per heavy atom. The molecule has 0 radical (unpaired) electrons. The molecule has 6 heteroatoms. The van der Waals surface area contributed by atoms with Gasteiger partial charge in [-0.15, -0.1) is 0 Å². The summed E-state index contributed by atoms with van der Waals surface area (Å²) in [5, 5.41) is 0.273. The number of carbonyl (C=O) groups excluding carboxylic acids is 1. The highest BCUT2D eigenvalue weighted by Gasteiger charge is 2.37. The van der Waals surface area contributed by atoms with Crippen molar-refractivity contribution in [3.05, 3.63) is 0 Å². The van der Waals surface area contributed by atoms with E-state index in [-0.39, 0.29) is 5.12 Å². The van der Waals surface area contributed by atoms with Crippen LogP contribution < -0.4 is 0 Å². The number of thioether (sulfide) groups is 1. The van der Waals surface area contributed by atoms with Gasteiger partial charge in [-0.05, 0) is 6.42 Å². The van der Waals surface area contributed by atoms with Crippen molar-refractivity contribution in [2.45, 2.75) is 64.3 Å². The van der Waals surface area contributed by atoms with E-state index in [9.17, 15) is 4.79 Å². The van der Waals surface area contributed by atoms with Gasteiger partial charge in [0.05, 0.1) is 0 Å². The molecule has 0 aromatic carbocycles. The summed E-state index contributed by atoms with van der Waals surface area (Å²) in [4.78, 5) is 11.8. The van der Waals surface area contributed by atoms with Crippen LogP contribution in [0.25, 0.3) is 0 Å². The molecule has 0 bridgehead atoms. The smallest absolute Gasteiger partial charge is 0.377 e. The largest absolute Gasteiger partial charge is 0.500 e. The summed E-state index contributed by atoms with van der Waals surface area (Å²) in [7, 11) is 2.29. The molecule has 126 valence electrons. The molecule has 0 aliphatic carbocycles. The quantitative estimate of drug-likeness (QED) is 0.350. The highest BCUT2D eigenvalue weighted by molar-refractivity contribution is 8.13. The van der Waals surface area contributed by atoms with Crippen LogP contribution in [0.15, 0.2) is 0 Å². The molecular formula is C15H32O4SSi. The van der Waals surface area contributed by atoms with Crippen LogP contribution in [0.4, 0.5) is 0 Å². The van der Waals surface area contributed by atoms with E-state index in [0.717, 1.165) is 6.42 Å². The Balaban J connectivity index is 3.58. The van der Waals surface area contributed by atoms with Crippen molar-refractivity contribution in [3.8, 4) is 0 Å². The Morgan fingerprint density at radius 1 is 0.905 bits per heavy atom. The van der Waals surface area contributed by atoms with Crippen LogP contribution in [0.1, 0.15) is 58.3 Å². The Bertz CT molecular complexity index is 252. The first-order valence-electron chi connectivity index (χ1n) is 7.95. The zero-order chi connectivity index (χ0) is 16.0. The zero-order valence-corrected chi connectivity index (χ0v) is 15.9. The second-order valence-corrected chi connectivity index (χ2v) is 9.38. The summed E-state index contributed by atoms with van der Waals surface area (Å²) in [6.45, 7) is 2.23. The number of unbranched alkanes of at least 4 members (excludes halogenated alkanes) is 6. The fourth-order valence-electron chi connectivity index (χ4n) is 2.14. The van der Waals surface area contributed by atoms with E-state index in [1.165, 1.54) is 50.3 Å². The minimum absolute atomic E-state index is 0.273. The lowest BCUT2D eigenvalue weighted by atomic mass is 10.1. The normalized spacial score (nSPS) is 11.8. The monoisotopic (exact) mass is 336 g/mol. The molecule has 0 saturated heterocycles. The van der Waals surface area contributed by atoms with Gasteiger partial charge in [-0.25, -0.2) is 0 Å². The lowest BCUT2D eigenvalue weighted by molar-refractivity contribution is -0.111. The van der Waals surface area contributed by atoms with E-state index in [1.54, 1.807) is 21.3 Å². The molecular weight excluding hydrogens is 304 g/mol. The third-order valence-electron chi connectivity index (χ3n) is 3.59. The molecule has 0 unspecified atom stereocenters. The molecule has 0 aromatic heterocycles. The predicted molar refractivity (Wildman–Crippen MR) is 91.7 cm³/mol. The third kappa shape index (κ3) is 10.5. The molecule has 0 rings (SSSR count). The van der Waals surface area contributed by atoms with Crippen LogP contribution in [0.5, 0.6) is 0 Å². The SMILES string of the molecule is CCCCCCCCCC(=O)SCC[Si](OC)(OC)OC. The van der Waals surface area contributed by atoms with Crippen LogP contribution in [0, 0.1) is 0 Å². The molecule has 0 spiro atoms. The van der Waals surface area contributed by atoms with Crippen molar-refractivity contribution in [1.29, 1.82) is 0 Å². The standard InChI is InChI=1S/C15H32O4SSi/c1-5-6-7-8-9-10-11-12-15(16)20-13-14-21(17-2,18-3)19-4/h5-14H2,1-4H3. The van der Waals surface area contributed by atoms with Gasteiger partial charge in [-0.3, -0.25) is 4.79 Å². The maximum absolute atomic E-state index is 11.8. The fraction of sp³-hybridized carbons (Fsp3) is 0.933. The van der Waals surface area contributed by atoms with Crippen LogP contribution in [-0.2, 0) is 18.1 Å². The Kier molecular flexibility index (Phi) is 13.8. The van der Waals surface area contributed by atoms with E-state index in [2.05, 4.69) is 6.92 Å². The number of hydrogen-bond acceptors (Lipinski definition) is 5. The minimum atomic E-state index is -2.51. The van der Waals surface area contributed by atoms with Crippen molar-refractivity contribution in [3.63, 3.8) is 0 Å². The molecule has 0 saturated carbocycles. The molecule has 0 amide bonds. The summed E-state index contributed by atoms with van der Waals surface area (Å²) in [5.74, 6) is 0.705. The van der Waals surface area contributed by atoms with Gasteiger partial charge in [0.2, 0.25) is 0 Å². The van der Waals surface area contributed by atoms with Gasteiger partial charge in [0.15, 0.2) is 5.12 Å². The first kappa shape index (κ1) is 21.1. The summed E-state index contributed by atoms with van der Waals surface area (Å²) in [5.41, 5.74) is 0. The predicted octanol–water partition coefficient (Wildman–Crippen LogP) is 4.27. The van der Waals surface area contributed by atoms with Crippen LogP contribution >= 0.6 is 11.8 Å². The number of rotatable bonds is 14. The Hall–Kier alpha value is 0.117. The topological polar surface area (TPSA) is 44.8 Å². The summed E-state index contributed by atoms with van der Waals surface area (Å²) < 4.78 is 16.0. The Labute approximate surface area is 135 Å². The van der Waals surface area contributed by atoms with E-state index >= 15 is 0 Å².